The summed E-state index contributed by atoms with van der Waals surface area (Å²) in [6.45, 7) is 7.65. The number of hydrogen-bond donors (Lipinski definition) is 2. The SMILES string of the molecule is CCN(CC(=O)O)C1CC(NC(=O)N2CCc3cc(C)c(C)cc32)C1. The standard InChI is InChI=1S/C19H27N3O3/c1-4-21(11-18(23)24)16-9-15(10-16)20-19(25)22-6-5-14-7-12(2)13(3)8-17(14)22/h7-8,15-16H,4-6,9-11H2,1-3H3,(H,20,25)(H,23,24). The van der Waals surface area contributed by atoms with E-state index in [1.54, 1.807) is 0 Å². The van der Waals surface area contributed by atoms with Crippen LogP contribution in [-0.2, 0) is 11.2 Å². The van der Waals surface area contributed by atoms with E-state index in [9.17, 15) is 9.59 Å². The van der Waals surface area contributed by atoms with Gasteiger partial charge in [-0.25, -0.2) is 4.79 Å². The van der Waals surface area contributed by atoms with E-state index in [2.05, 4.69) is 31.3 Å². The molecule has 1 fully saturated rings. The Hall–Kier alpha value is -2.08. The number of likely N-dealkylation sites (N-methyl/N-ethyl adjacent to an activating group) is 1. The van der Waals surface area contributed by atoms with Crippen molar-refractivity contribution in [1.82, 2.24) is 10.2 Å². The number of urea groups is 1. The predicted octanol–water partition coefficient (Wildman–Crippen LogP) is 2.31. The van der Waals surface area contributed by atoms with Gasteiger partial charge < -0.3 is 10.4 Å². The zero-order valence-corrected chi connectivity index (χ0v) is 15.2. The summed E-state index contributed by atoms with van der Waals surface area (Å²) >= 11 is 0. The molecule has 6 nitrogen and oxygen atoms in total. The first-order valence-corrected chi connectivity index (χ1v) is 9.03. The number of aryl methyl sites for hydroxylation is 2. The summed E-state index contributed by atoms with van der Waals surface area (Å²) in [7, 11) is 0. The van der Waals surface area contributed by atoms with Gasteiger partial charge in [-0.15, -0.1) is 0 Å². The molecular weight excluding hydrogens is 318 g/mol. The molecule has 0 spiro atoms. The van der Waals surface area contributed by atoms with Gasteiger partial charge in [-0.1, -0.05) is 13.0 Å². The van der Waals surface area contributed by atoms with Crippen molar-refractivity contribution in [2.45, 2.75) is 52.1 Å². The highest BCUT2D eigenvalue weighted by Gasteiger charge is 2.36. The van der Waals surface area contributed by atoms with Crippen LogP contribution in [0.5, 0.6) is 0 Å². The molecule has 2 amide bonds. The van der Waals surface area contributed by atoms with Gasteiger partial charge in [-0.05, 0) is 62.4 Å². The van der Waals surface area contributed by atoms with E-state index < -0.39 is 5.97 Å². The third-order valence-corrected chi connectivity index (χ3v) is 5.54. The Kier molecular flexibility index (Phi) is 4.99. The number of aliphatic carboxylic acids is 1. The van der Waals surface area contributed by atoms with E-state index in [1.165, 1.54) is 16.7 Å². The first kappa shape index (κ1) is 17.7. The summed E-state index contributed by atoms with van der Waals surface area (Å²) in [4.78, 5) is 27.3. The average molecular weight is 345 g/mol. The lowest BCUT2D eigenvalue weighted by atomic mass is 9.85. The Morgan fingerprint density at radius 1 is 1.28 bits per heavy atom. The number of nitrogens with one attached hydrogen (secondary N) is 1. The van der Waals surface area contributed by atoms with Crippen LogP contribution in [0.15, 0.2) is 12.1 Å². The molecule has 0 unspecified atom stereocenters. The molecule has 1 saturated carbocycles. The maximum atomic E-state index is 12.6. The Bertz CT molecular complexity index is 683. The zero-order valence-electron chi connectivity index (χ0n) is 15.2. The van der Waals surface area contributed by atoms with Crippen LogP contribution in [0.2, 0.25) is 0 Å². The number of nitrogens with zero attached hydrogens (tertiary/aromatic N) is 2. The number of fused-ring (bicyclic) bond motifs is 1. The highest BCUT2D eigenvalue weighted by molar-refractivity contribution is 5.94. The number of carboxylic acids is 1. The van der Waals surface area contributed by atoms with Gasteiger partial charge in [0.2, 0.25) is 0 Å². The van der Waals surface area contributed by atoms with Gasteiger partial charge in [-0.2, -0.15) is 0 Å². The van der Waals surface area contributed by atoms with E-state index in [0.717, 1.165) is 38.0 Å². The minimum atomic E-state index is -0.798. The van der Waals surface area contributed by atoms with E-state index in [4.69, 9.17) is 5.11 Å². The van der Waals surface area contributed by atoms with Gasteiger partial charge >= 0.3 is 12.0 Å². The van der Waals surface area contributed by atoms with Crippen molar-refractivity contribution in [3.63, 3.8) is 0 Å². The molecule has 0 radical (unpaired) electrons. The van der Waals surface area contributed by atoms with Gasteiger partial charge in [0.1, 0.15) is 0 Å². The number of carbonyl (C=O) groups is 2. The second kappa shape index (κ2) is 7.04. The number of anilines is 1. The van der Waals surface area contributed by atoms with Gasteiger partial charge in [0.05, 0.1) is 6.54 Å². The molecule has 6 heteroatoms. The monoisotopic (exact) mass is 345 g/mol. The first-order chi connectivity index (χ1) is 11.9. The summed E-state index contributed by atoms with van der Waals surface area (Å²) in [6.07, 6.45) is 2.54. The number of rotatable bonds is 5. The molecule has 1 heterocycles. The first-order valence-electron chi connectivity index (χ1n) is 9.03. The second-order valence-corrected chi connectivity index (χ2v) is 7.20. The third-order valence-electron chi connectivity index (χ3n) is 5.54. The van der Waals surface area contributed by atoms with E-state index >= 15 is 0 Å². The van der Waals surface area contributed by atoms with Crippen LogP contribution in [0.25, 0.3) is 0 Å². The largest absolute Gasteiger partial charge is 0.480 e. The van der Waals surface area contributed by atoms with Crippen LogP contribution in [0.4, 0.5) is 10.5 Å². The average Bonchev–Trinajstić information content (AvgIpc) is 2.91. The lowest BCUT2D eigenvalue weighted by Gasteiger charge is -2.42. The van der Waals surface area contributed by atoms with E-state index in [0.29, 0.717) is 0 Å². The number of carboxylic acid groups (broad SMARTS) is 1. The van der Waals surface area contributed by atoms with Gasteiger partial charge in [0.15, 0.2) is 0 Å². The lowest BCUT2D eigenvalue weighted by molar-refractivity contribution is -0.139. The summed E-state index contributed by atoms with van der Waals surface area (Å²) in [6, 6.07) is 4.64. The van der Waals surface area contributed by atoms with Crippen molar-refractivity contribution in [2.75, 3.05) is 24.5 Å². The van der Waals surface area contributed by atoms with Crippen LogP contribution < -0.4 is 10.2 Å². The molecule has 0 atom stereocenters. The number of carbonyl (C=O) groups excluding carboxylic acids is 1. The van der Waals surface area contributed by atoms with Crippen LogP contribution in [0.1, 0.15) is 36.5 Å². The van der Waals surface area contributed by atoms with Crippen molar-refractivity contribution in [2.24, 2.45) is 0 Å². The van der Waals surface area contributed by atoms with Crippen LogP contribution in [0.3, 0.4) is 0 Å². The minimum Gasteiger partial charge on any atom is -0.480 e. The Morgan fingerprint density at radius 2 is 1.96 bits per heavy atom. The molecular formula is C19H27N3O3. The summed E-state index contributed by atoms with van der Waals surface area (Å²) in [5, 5.41) is 12.1. The molecule has 0 saturated heterocycles. The molecule has 1 aliphatic carbocycles. The minimum absolute atomic E-state index is 0.0354. The van der Waals surface area contributed by atoms with Gasteiger partial charge in [0, 0.05) is 24.3 Å². The third kappa shape index (κ3) is 3.63. The molecule has 25 heavy (non-hydrogen) atoms. The molecule has 3 rings (SSSR count). The zero-order chi connectivity index (χ0) is 18.1. The molecule has 1 aromatic carbocycles. The molecule has 0 bridgehead atoms. The molecule has 1 aromatic rings. The van der Waals surface area contributed by atoms with Crippen molar-refractivity contribution in [3.8, 4) is 0 Å². The van der Waals surface area contributed by atoms with Crippen LogP contribution >= 0.6 is 0 Å². The normalized spacial score (nSPS) is 21.8. The molecule has 0 aromatic heterocycles. The van der Waals surface area contributed by atoms with Crippen LogP contribution in [-0.4, -0.2) is 53.7 Å². The number of amides is 2. The quantitative estimate of drug-likeness (QED) is 0.859. The van der Waals surface area contributed by atoms with Crippen molar-refractivity contribution in [3.05, 3.63) is 28.8 Å². The van der Waals surface area contributed by atoms with E-state index in [-0.39, 0.29) is 24.7 Å². The maximum Gasteiger partial charge on any atom is 0.322 e. The van der Waals surface area contributed by atoms with Crippen molar-refractivity contribution >= 4 is 17.7 Å². The maximum absolute atomic E-state index is 12.6. The number of hydrogen-bond acceptors (Lipinski definition) is 3. The van der Waals surface area contributed by atoms with Crippen molar-refractivity contribution in [1.29, 1.82) is 0 Å². The van der Waals surface area contributed by atoms with Crippen molar-refractivity contribution < 1.29 is 14.7 Å². The molecule has 2 aliphatic rings. The fourth-order valence-corrected chi connectivity index (χ4v) is 3.81. The smallest absolute Gasteiger partial charge is 0.322 e. The van der Waals surface area contributed by atoms with E-state index in [1.807, 2.05) is 16.7 Å². The molecule has 136 valence electrons. The highest BCUT2D eigenvalue weighted by atomic mass is 16.4. The Morgan fingerprint density at radius 3 is 2.60 bits per heavy atom. The molecule has 1 aliphatic heterocycles. The highest BCUT2D eigenvalue weighted by Crippen LogP contribution is 2.32. The topological polar surface area (TPSA) is 72.9 Å². The Labute approximate surface area is 148 Å². The fraction of sp³-hybridized carbons (Fsp3) is 0.579. The van der Waals surface area contributed by atoms with Gasteiger partial charge in [0.25, 0.3) is 0 Å². The Balaban J connectivity index is 1.56. The second-order valence-electron chi connectivity index (χ2n) is 7.20. The predicted molar refractivity (Wildman–Crippen MR) is 97.2 cm³/mol. The fourth-order valence-electron chi connectivity index (χ4n) is 3.81. The summed E-state index contributed by atoms with van der Waals surface area (Å²) in [5.41, 5.74) is 4.73. The van der Waals surface area contributed by atoms with Crippen LogP contribution in [0, 0.1) is 13.8 Å². The lowest BCUT2D eigenvalue weighted by Crippen LogP contribution is -2.56. The van der Waals surface area contributed by atoms with Gasteiger partial charge in [-0.3, -0.25) is 14.6 Å². The summed E-state index contributed by atoms with van der Waals surface area (Å²) < 4.78 is 0. The molecule has 2 N–H and O–H groups in total. The summed E-state index contributed by atoms with van der Waals surface area (Å²) in [5.74, 6) is -0.798. The number of benzene rings is 1.